The van der Waals surface area contributed by atoms with E-state index in [9.17, 15) is 0 Å². The van der Waals surface area contributed by atoms with Gasteiger partial charge in [0, 0.05) is 24.7 Å². The number of oxime groups is 1. The molecule has 2 bridgehead atoms. The summed E-state index contributed by atoms with van der Waals surface area (Å²) in [6, 6.07) is 1.78. The zero-order valence-corrected chi connectivity index (χ0v) is 12.9. The van der Waals surface area contributed by atoms with Gasteiger partial charge >= 0.3 is 0 Å². The number of fused-ring (bicyclic) bond motifs is 3. The van der Waals surface area contributed by atoms with Gasteiger partial charge in [-0.25, -0.2) is 0 Å². The van der Waals surface area contributed by atoms with Crippen LogP contribution in [-0.2, 0) is 11.4 Å². The molecule has 5 nitrogen and oxygen atoms in total. The third-order valence-electron chi connectivity index (χ3n) is 3.77. The van der Waals surface area contributed by atoms with Crippen LogP contribution in [0, 0.1) is 11.8 Å². The maximum Gasteiger partial charge on any atom is 0.178 e. The number of hydrogen-bond donors (Lipinski definition) is 0. The van der Waals surface area contributed by atoms with Gasteiger partial charge in [-0.1, -0.05) is 10.3 Å². The zero-order valence-electron chi connectivity index (χ0n) is 10.5. The van der Waals surface area contributed by atoms with Gasteiger partial charge in [0.2, 0.25) is 0 Å². The fourth-order valence-electron chi connectivity index (χ4n) is 2.76. The van der Waals surface area contributed by atoms with Crippen LogP contribution in [-0.4, -0.2) is 35.9 Å². The number of hydrogen-bond acceptors (Lipinski definition) is 5. The van der Waals surface area contributed by atoms with Crippen molar-refractivity contribution in [2.45, 2.75) is 19.4 Å². The van der Waals surface area contributed by atoms with E-state index < -0.39 is 0 Å². The predicted molar refractivity (Wildman–Crippen MR) is 77.4 cm³/mol. The molecule has 0 spiro atoms. The highest BCUT2D eigenvalue weighted by atomic mass is 79.9. The highest BCUT2D eigenvalue weighted by Crippen LogP contribution is 2.31. The van der Waals surface area contributed by atoms with E-state index in [0.29, 0.717) is 22.9 Å². The molecule has 1 aromatic rings. The molecule has 0 aliphatic carbocycles. The van der Waals surface area contributed by atoms with E-state index in [4.69, 9.17) is 9.36 Å². The molecule has 106 valence electrons. The van der Waals surface area contributed by atoms with Gasteiger partial charge in [0.15, 0.2) is 12.4 Å². The quantitative estimate of drug-likeness (QED) is 0.619. The van der Waals surface area contributed by atoms with Crippen LogP contribution in [0.5, 0.6) is 0 Å². The van der Waals surface area contributed by atoms with Crippen molar-refractivity contribution in [3.8, 4) is 0 Å². The minimum Gasteiger partial charge on any atom is -0.388 e. The highest BCUT2D eigenvalue weighted by Gasteiger charge is 2.33. The smallest absolute Gasteiger partial charge is 0.178 e. The molecule has 19 heavy (non-hydrogen) atoms. The van der Waals surface area contributed by atoms with Gasteiger partial charge in [-0.3, -0.25) is 0 Å². The molecule has 3 saturated heterocycles. The molecule has 3 aliphatic heterocycles. The Bertz CT molecular complexity index is 432. The number of piperidine rings is 3. The molecule has 0 N–H and O–H groups in total. The second-order valence-corrected chi connectivity index (χ2v) is 5.76. The number of rotatable bonds is 4. The van der Waals surface area contributed by atoms with Crippen molar-refractivity contribution < 1.29 is 9.36 Å². The fraction of sp³-hybridized carbons (Fsp3) is 0.667. The van der Waals surface area contributed by atoms with Gasteiger partial charge in [0.25, 0.3) is 0 Å². The van der Waals surface area contributed by atoms with Crippen molar-refractivity contribution >= 4 is 34.6 Å². The average Bonchev–Trinajstić information content (AvgIpc) is 2.82. The minimum atomic E-state index is 0. The zero-order chi connectivity index (χ0) is 12.4. The van der Waals surface area contributed by atoms with Crippen LogP contribution in [0.3, 0.4) is 0 Å². The summed E-state index contributed by atoms with van der Waals surface area (Å²) in [7, 11) is 0. The Morgan fingerprint density at radius 1 is 1.53 bits per heavy atom. The van der Waals surface area contributed by atoms with Crippen molar-refractivity contribution in [1.82, 2.24) is 10.1 Å². The Balaban J connectivity index is 0.00000133. The minimum absolute atomic E-state index is 0. The van der Waals surface area contributed by atoms with Crippen molar-refractivity contribution in [1.29, 1.82) is 0 Å². The number of nitrogens with zero attached hydrogens (tertiary/aromatic N) is 3. The van der Waals surface area contributed by atoms with Crippen LogP contribution < -0.4 is 0 Å². The molecule has 3 fully saturated rings. The van der Waals surface area contributed by atoms with Gasteiger partial charge in [-0.2, -0.15) is 0 Å². The molecule has 1 unspecified atom stereocenters. The first-order chi connectivity index (χ1) is 8.81. The topological polar surface area (TPSA) is 50.9 Å². The lowest BCUT2D eigenvalue weighted by Crippen LogP contribution is -2.47. The van der Waals surface area contributed by atoms with E-state index >= 15 is 0 Å². The fourth-order valence-corrected chi connectivity index (χ4v) is 3.09. The van der Waals surface area contributed by atoms with Crippen molar-refractivity contribution in [2.75, 3.05) is 19.6 Å². The molecule has 0 radical (unpaired) electrons. The number of halogens is 2. The summed E-state index contributed by atoms with van der Waals surface area (Å²) in [6.07, 6.45) is 4.55. The summed E-state index contributed by atoms with van der Waals surface area (Å²) in [6.45, 7) is 3.96. The average molecular weight is 351 g/mol. The van der Waals surface area contributed by atoms with E-state index in [0.717, 1.165) is 12.5 Å². The lowest BCUT2D eigenvalue weighted by molar-refractivity contribution is 0.0762. The summed E-state index contributed by atoms with van der Waals surface area (Å²) >= 11 is 3.22. The molecule has 4 heterocycles. The Kier molecular flexibility index (Phi) is 5.24. The van der Waals surface area contributed by atoms with Crippen LogP contribution in [0.2, 0.25) is 0 Å². The highest BCUT2D eigenvalue weighted by molar-refractivity contribution is 9.10. The lowest BCUT2D eigenvalue weighted by atomic mass is 9.80. The third-order valence-corrected chi connectivity index (χ3v) is 4.14. The van der Waals surface area contributed by atoms with Gasteiger partial charge in [0.05, 0.1) is 0 Å². The first-order valence-corrected chi connectivity index (χ1v) is 7.09. The molecule has 3 aliphatic rings. The van der Waals surface area contributed by atoms with Gasteiger partial charge in [0.1, 0.15) is 4.60 Å². The molecule has 1 aromatic heterocycles. The standard InChI is InChI=1S/C12H16BrN3O2.ClH/c13-12-5-11(18-15-12)8-17-14-6-10-7-16-3-1-9(10)2-4-16;/h5-6,9-10H,1-4,7-8H2;1H/b14-6+;. The van der Waals surface area contributed by atoms with E-state index in [-0.39, 0.29) is 12.4 Å². The van der Waals surface area contributed by atoms with E-state index in [2.05, 4.69) is 31.1 Å². The van der Waals surface area contributed by atoms with Gasteiger partial charge in [-0.05, 0) is 47.8 Å². The molecular weight excluding hydrogens is 334 g/mol. The Labute approximate surface area is 126 Å². The van der Waals surface area contributed by atoms with Gasteiger partial charge < -0.3 is 14.3 Å². The Morgan fingerprint density at radius 3 is 2.89 bits per heavy atom. The first-order valence-electron chi connectivity index (χ1n) is 6.30. The molecule has 7 heteroatoms. The summed E-state index contributed by atoms with van der Waals surface area (Å²) in [5.74, 6) is 2.02. The Hall–Kier alpha value is -0.590. The van der Waals surface area contributed by atoms with E-state index in [1.807, 2.05) is 6.21 Å². The molecule has 0 saturated carbocycles. The summed E-state index contributed by atoms with van der Waals surface area (Å²) in [5.41, 5.74) is 0. The maximum absolute atomic E-state index is 5.24. The molecule has 0 amide bonds. The summed E-state index contributed by atoms with van der Waals surface area (Å²) in [5, 5.41) is 7.78. The SMILES string of the molecule is Brc1cc(CO/N=C/C2CN3CCC2CC3)on1.Cl. The second kappa shape index (κ2) is 6.72. The number of aromatic nitrogens is 1. The van der Waals surface area contributed by atoms with Crippen LogP contribution >= 0.6 is 28.3 Å². The molecule has 0 aromatic carbocycles. The molecular formula is C12H17BrClN3O2. The first kappa shape index (κ1) is 14.8. The van der Waals surface area contributed by atoms with E-state index in [1.54, 1.807) is 6.07 Å². The monoisotopic (exact) mass is 349 g/mol. The second-order valence-electron chi connectivity index (χ2n) is 4.95. The summed E-state index contributed by atoms with van der Waals surface area (Å²) < 4.78 is 5.68. The summed E-state index contributed by atoms with van der Waals surface area (Å²) in [4.78, 5) is 7.74. The predicted octanol–water partition coefficient (Wildman–Crippen LogP) is 2.70. The van der Waals surface area contributed by atoms with Crippen molar-refractivity contribution in [2.24, 2.45) is 17.0 Å². The maximum atomic E-state index is 5.24. The van der Waals surface area contributed by atoms with Crippen molar-refractivity contribution in [3.05, 3.63) is 16.4 Å². The van der Waals surface area contributed by atoms with Crippen LogP contribution in [0.15, 0.2) is 20.3 Å². The molecule has 1 atom stereocenters. The van der Waals surface area contributed by atoms with Gasteiger partial charge in [-0.15, -0.1) is 12.4 Å². The Morgan fingerprint density at radius 2 is 2.32 bits per heavy atom. The van der Waals surface area contributed by atoms with E-state index in [1.165, 1.54) is 25.9 Å². The lowest BCUT2D eigenvalue weighted by Gasteiger charge is -2.43. The molecule has 4 rings (SSSR count). The normalized spacial score (nSPS) is 29.4. The van der Waals surface area contributed by atoms with Crippen LogP contribution in [0.1, 0.15) is 18.6 Å². The van der Waals surface area contributed by atoms with Crippen LogP contribution in [0.25, 0.3) is 0 Å². The van der Waals surface area contributed by atoms with Crippen molar-refractivity contribution in [3.63, 3.8) is 0 Å². The van der Waals surface area contributed by atoms with Crippen LogP contribution in [0.4, 0.5) is 0 Å². The largest absolute Gasteiger partial charge is 0.388 e. The third kappa shape index (κ3) is 3.70.